The number of hydrogen-bond acceptors (Lipinski definition) is 3. The van der Waals surface area contributed by atoms with Crippen LogP contribution in [0, 0.1) is 0 Å². The van der Waals surface area contributed by atoms with Crippen LogP contribution in [0.25, 0.3) is 0 Å². The Hall–Kier alpha value is 0.270. The molecule has 0 aromatic carbocycles. The third kappa shape index (κ3) is 4.80. The Kier molecular flexibility index (Phi) is 6.90. The van der Waals surface area contributed by atoms with Crippen LogP contribution in [0.3, 0.4) is 0 Å². The Morgan fingerprint density at radius 3 is 2.65 bits per heavy atom. The van der Waals surface area contributed by atoms with E-state index in [1.54, 1.807) is 0 Å². The maximum absolute atomic E-state index is 3.61. The largest absolute Gasteiger partial charge is 0.313 e. The van der Waals surface area contributed by atoms with Gasteiger partial charge in [0, 0.05) is 42.2 Å². The molecule has 1 heterocycles. The molecule has 0 radical (unpaired) electrons. The maximum Gasteiger partial charge on any atom is 0.0224 e. The van der Waals surface area contributed by atoms with Crippen LogP contribution in [0.2, 0.25) is 0 Å². The molecule has 102 valence electrons. The van der Waals surface area contributed by atoms with Crippen molar-refractivity contribution in [1.82, 2.24) is 10.2 Å². The van der Waals surface area contributed by atoms with Gasteiger partial charge in [0.1, 0.15) is 0 Å². The first kappa shape index (κ1) is 15.3. The van der Waals surface area contributed by atoms with E-state index in [0.29, 0.717) is 6.04 Å². The zero-order chi connectivity index (χ0) is 12.8. The summed E-state index contributed by atoms with van der Waals surface area (Å²) in [6.07, 6.45) is 2.61. The van der Waals surface area contributed by atoms with Crippen LogP contribution in [0.4, 0.5) is 0 Å². The summed E-state index contributed by atoms with van der Waals surface area (Å²) in [6.45, 7) is 14.0. The van der Waals surface area contributed by atoms with Crippen molar-refractivity contribution in [3.05, 3.63) is 0 Å². The van der Waals surface area contributed by atoms with Crippen molar-refractivity contribution in [2.45, 2.75) is 70.8 Å². The zero-order valence-electron chi connectivity index (χ0n) is 12.2. The van der Waals surface area contributed by atoms with Crippen LogP contribution in [0.5, 0.6) is 0 Å². The number of nitrogens with one attached hydrogen (secondary N) is 1. The fraction of sp³-hybridized carbons (Fsp3) is 1.00. The lowest BCUT2D eigenvalue weighted by Gasteiger charge is -2.43. The van der Waals surface area contributed by atoms with Gasteiger partial charge < -0.3 is 5.32 Å². The second kappa shape index (κ2) is 7.65. The number of rotatable bonds is 6. The minimum Gasteiger partial charge on any atom is -0.313 e. The van der Waals surface area contributed by atoms with Gasteiger partial charge in [-0.2, -0.15) is 11.8 Å². The third-order valence-corrected chi connectivity index (χ3v) is 5.12. The van der Waals surface area contributed by atoms with Crippen LogP contribution in [0.1, 0.15) is 47.5 Å². The first-order chi connectivity index (χ1) is 8.06. The average Bonchev–Trinajstić information content (AvgIpc) is 2.28. The molecule has 1 aliphatic rings. The van der Waals surface area contributed by atoms with Crippen LogP contribution in [-0.4, -0.2) is 47.1 Å². The Bertz CT molecular complexity index is 208. The quantitative estimate of drug-likeness (QED) is 0.788. The number of nitrogens with zero attached hydrogens (tertiary/aromatic N) is 1. The molecule has 2 nitrogen and oxygen atoms in total. The minimum absolute atomic E-state index is 0.598. The van der Waals surface area contributed by atoms with Crippen molar-refractivity contribution >= 4 is 11.8 Å². The van der Waals surface area contributed by atoms with E-state index < -0.39 is 0 Å². The second-order valence-corrected chi connectivity index (χ2v) is 7.04. The lowest BCUT2D eigenvalue weighted by molar-refractivity contribution is 0.134. The van der Waals surface area contributed by atoms with Gasteiger partial charge in [-0.05, 0) is 13.3 Å². The van der Waals surface area contributed by atoms with Gasteiger partial charge in [-0.3, -0.25) is 4.90 Å². The van der Waals surface area contributed by atoms with Crippen molar-refractivity contribution < 1.29 is 0 Å². The molecule has 1 rings (SSSR count). The monoisotopic (exact) mass is 258 g/mol. The van der Waals surface area contributed by atoms with Crippen molar-refractivity contribution in [2.75, 3.05) is 18.8 Å². The fourth-order valence-corrected chi connectivity index (χ4v) is 3.68. The molecule has 0 aromatic rings. The molecular weight excluding hydrogens is 228 g/mol. The highest BCUT2D eigenvalue weighted by molar-refractivity contribution is 8.00. The first-order valence-electron chi connectivity index (χ1n) is 7.17. The number of thioether (sulfide) groups is 1. The topological polar surface area (TPSA) is 15.3 Å². The van der Waals surface area contributed by atoms with E-state index in [4.69, 9.17) is 0 Å². The van der Waals surface area contributed by atoms with Crippen molar-refractivity contribution in [3.8, 4) is 0 Å². The molecule has 1 N–H and O–H groups in total. The van der Waals surface area contributed by atoms with Crippen molar-refractivity contribution in [2.24, 2.45) is 0 Å². The molecule has 0 aliphatic carbocycles. The summed E-state index contributed by atoms with van der Waals surface area (Å²) in [5.41, 5.74) is 0. The van der Waals surface area contributed by atoms with Gasteiger partial charge in [-0.1, -0.05) is 34.1 Å². The molecule has 0 aromatic heterocycles. The van der Waals surface area contributed by atoms with Crippen LogP contribution < -0.4 is 5.32 Å². The highest BCUT2D eigenvalue weighted by Gasteiger charge is 2.29. The minimum atomic E-state index is 0.598. The SMILES string of the molecule is CCCC(CNC(C)C)N1CCSC(C)C1C. The Morgan fingerprint density at radius 1 is 1.35 bits per heavy atom. The smallest absolute Gasteiger partial charge is 0.0224 e. The summed E-state index contributed by atoms with van der Waals surface area (Å²) >= 11 is 2.13. The first-order valence-corrected chi connectivity index (χ1v) is 8.21. The molecular formula is C14H30N2S. The van der Waals surface area contributed by atoms with E-state index in [-0.39, 0.29) is 0 Å². The van der Waals surface area contributed by atoms with E-state index in [1.165, 1.54) is 25.1 Å². The molecule has 3 heteroatoms. The van der Waals surface area contributed by atoms with Gasteiger partial charge in [0.05, 0.1) is 0 Å². The highest BCUT2D eigenvalue weighted by Crippen LogP contribution is 2.26. The standard InChI is InChI=1S/C14H30N2S/c1-6-7-14(10-15-11(2)3)16-8-9-17-13(5)12(16)4/h11-15H,6-10H2,1-5H3. The van der Waals surface area contributed by atoms with Crippen LogP contribution in [-0.2, 0) is 0 Å². The summed E-state index contributed by atoms with van der Waals surface area (Å²) in [4.78, 5) is 2.74. The molecule has 1 aliphatic heterocycles. The van der Waals surface area contributed by atoms with E-state index in [2.05, 4.69) is 56.6 Å². The highest BCUT2D eigenvalue weighted by atomic mass is 32.2. The van der Waals surface area contributed by atoms with Gasteiger partial charge in [-0.25, -0.2) is 0 Å². The Balaban J connectivity index is 2.54. The third-order valence-electron chi connectivity index (χ3n) is 3.79. The molecule has 1 fully saturated rings. The van der Waals surface area contributed by atoms with Gasteiger partial charge >= 0.3 is 0 Å². The second-order valence-electron chi connectivity index (χ2n) is 5.56. The molecule has 17 heavy (non-hydrogen) atoms. The van der Waals surface area contributed by atoms with Gasteiger partial charge in [0.15, 0.2) is 0 Å². The molecule has 0 bridgehead atoms. The maximum atomic E-state index is 3.61. The summed E-state index contributed by atoms with van der Waals surface area (Å²) < 4.78 is 0. The predicted octanol–water partition coefficient (Wildman–Crippen LogP) is 2.98. The fourth-order valence-electron chi connectivity index (χ4n) is 2.56. The molecule has 0 spiro atoms. The van der Waals surface area contributed by atoms with E-state index in [9.17, 15) is 0 Å². The lowest BCUT2D eigenvalue weighted by atomic mass is 10.1. The Morgan fingerprint density at radius 2 is 2.06 bits per heavy atom. The number of hydrogen-bond donors (Lipinski definition) is 1. The summed E-state index contributed by atoms with van der Waals surface area (Å²) in [5, 5.41) is 4.39. The van der Waals surface area contributed by atoms with Crippen LogP contribution in [0.15, 0.2) is 0 Å². The van der Waals surface area contributed by atoms with Gasteiger partial charge in [-0.15, -0.1) is 0 Å². The average molecular weight is 258 g/mol. The van der Waals surface area contributed by atoms with E-state index in [0.717, 1.165) is 23.9 Å². The Labute approximate surface area is 112 Å². The zero-order valence-corrected chi connectivity index (χ0v) is 13.0. The van der Waals surface area contributed by atoms with E-state index in [1.807, 2.05) is 0 Å². The predicted molar refractivity (Wildman–Crippen MR) is 79.9 cm³/mol. The normalized spacial score (nSPS) is 28.6. The lowest BCUT2D eigenvalue weighted by Crippen LogP contribution is -2.53. The van der Waals surface area contributed by atoms with Gasteiger partial charge in [0.25, 0.3) is 0 Å². The summed E-state index contributed by atoms with van der Waals surface area (Å²) in [6, 6.07) is 2.04. The van der Waals surface area contributed by atoms with E-state index >= 15 is 0 Å². The summed E-state index contributed by atoms with van der Waals surface area (Å²) in [7, 11) is 0. The van der Waals surface area contributed by atoms with Crippen molar-refractivity contribution in [1.29, 1.82) is 0 Å². The van der Waals surface area contributed by atoms with Gasteiger partial charge in [0.2, 0.25) is 0 Å². The molecule has 0 amide bonds. The molecule has 0 saturated carbocycles. The summed E-state index contributed by atoms with van der Waals surface area (Å²) in [5.74, 6) is 1.30. The van der Waals surface area contributed by atoms with Crippen LogP contribution >= 0.6 is 11.8 Å². The molecule has 3 unspecified atom stereocenters. The van der Waals surface area contributed by atoms with Crippen molar-refractivity contribution in [3.63, 3.8) is 0 Å². The molecule has 3 atom stereocenters. The molecule has 1 saturated heterocycles.